The third-order valence-electron chi connectivity index (χ3n) is 3.60. The van der Waals surface area contributed by atoms with Crippen molar-refractivity contribution in [3.63, 3.8) is 0 Å². The minimum Gasteiger partial charge on any atom is -0.377 e. The molecule has 0 aromatic carbocycles. The van der Waals surface area contributed by atoms with E-state index in [0.29, 0.717) is 6.10 Å². The maximum absolute atomic E-state index is 5.90. The molecule has 114 valence electrons. The molecule has 1 unspecified atom stereocenters. The van der Waals surface area contributed by atoms with Crippen LogP contribution in [-0.2, 0) is 18.0 Å². The minimum atomic E-state index is -2.38. The second-order valence-electron chi connectivity index (χ2n) is 5.20. The van der Waals surface area contributed by atoms with Gasteiger partial charge in [0.2, 0.25) is 0 Å². The normalized spacial score (nSPS) is 18.8. The predicted octanol–water partition coefficient (Wildman–Crippen LogP) is 3.38. The van der Waals surface area contributed by atoms with E-state index >= 15 is 0 Å². The Balaban J connectivity index is 2.08. The first-order valence-corrected chi connectivity index (χ1v) is 9.55. The lowest BCUT2D eigenvalue weighted by Crippen LogP contribution is -2.44. The number of ether oxygens (including phenoxy) is 1. The van der Waals surface area contributed by atoms with E-state index in [1.54, 1.807) is 14.2 Å². The maximum atomic E-state index is 5.90. The molecule has 0 spiro atoms. The molecule has 19 heavy (non-hydrogen) atoms. The van der Waals surface area contributed by atoms with Gasteiger partial charge in [0.15, 0.2) is 0 Å². The van der Waals surface area contributed by atoms with Crippen LogP contribution < -0.4 is 0 Å². The molecule has 1 heterocycles. The van der Waals surface area contributed by atoms with Gasteiger partial charge >= 0.3 is 8.80 Å². The number of rotatable bonds is 13. The fourth-order valence-electron chi connectivity index (χ4n) is 2.15. The first-order chi connectivity index (χ1) is 9.26. The molecule has 0 radical (unpaired) electrons. The zero-order valence-corrected chi connectivity index (χ0v) is 13.8. The van der Waals surface area contributed by atoms with E-state index in [4.69, 9.17) is 18.0 Å². The van der Waals surface area contributed by atoms with Gasteiger partial charge in [0.05, 0.1) is 12.7 Å². The first-order valence-electron chi connectivity index (χ1n) is 7.62. The van der Waals surface area contributed by atoms with E-state index < -0.39 is 8.80 Å². The summed E-state index contributed by atoms with van der Waals surface area (Å²) in [6.07, 6.45) is 8.91. The molecular formula is C14H30O4Si. The molecule has 4 nitrogen and oxygen atoms in total. The highest BCUT2D eigenvalue weighted by Crippen LogP contribution is 2.21. The molecule has 0 aromatic heterocycles. The summed E-state index contributed by atoms with van der Waals surface area (Å²) in [7, 11) is 1.05. The van der Waals surface area contributed by atoms with Crippen molar-refractivity contribution in [2.45, 2.75) is 64.0 Å². The van der Waals surface area contributed by atoms with Gasteiger partial charge in [-0.05, 0) is 19.3 Å². The summed E-state index contributed by atoms with van der Waals surface area (Å²) < 4.78 is 22.2. The summed E-state index contributed by atoms with van der Waals surface area (Å²) in [6.45, 7) is 3.90. The quantitative estimate of drug-likeness (QED) is 0.296. The van der Waals surface area contributed by atoms with Crippen LogP contribution in [0.25, 0.3) is 0 Å². The Bertz CT molecular complexity index is 217. The van der Waals surface area contributed by atoms with Crippen LogP contribution in [0.15, 0.2) is 0 Å². The van der Waals surface area contributed by atoms with Crippen molar-refractivity contribution in [1.29, 1.82) is 0 Å². The summed E-state index contributed by atoms with van der Waals surface area (Å²) in [5, 5.41) is 0. The molecule has 0 aliphatic carbocycles. The van der Waals surface area contributed by atoms with Crippen LogP contribution in [0.5, 0.6) is 0 Å². The van der Waals surface area contributed by atoms with Crippen LogP contribution >= 0.6 is 0 Å². The van der Waals surface area contributed by atoms with Gasteiger partial charge in [-0.2, -0.15) is 0 Å². The summed E-state index contributed by atoms with van der Waals surface area (Å²) in [4.78, 5) is 0. The Morgan fingerprint density at radius 2 is 1.74 bits per heavy atom. The van der Waals surface area contributed by atoms with Gasteiger partial charge in [-0.3, -0.25) is 0 Å². The van der Waals surface area contributed by atoms with Crippen molar-refractivity contribution in [3.8, 4) is 0 Å². The van der Waals surface area contributed by atoms with Crippen molar-refractivity contribution >= 4 is 8.80 Å². The van der Waals surface area contributed by atoms with Crippen LogP contribution in [0, 0.1) is 0 Å². The number of unbranched alkanes of at least 4 members (excludes halogenated alkanes) is 4. The summed E-state index contributed by atoms with van der Waals surface area (Å²) >= 11 is 0. The zero-order valence-electron chi connectivity index (χ0n) is 12.8. The number of epoxide rings is 1. The Hall–Kier alpha value is 0.0569. The van der Waals surface area contributed by atoms with E-state index in [-0.39, 0.29) is 0 Å². The smallest absolute Gasteiger partial charge is 0.377 e. The largest absolute Gasteiger partial charge is 0.500 e. The highest BCUT2D eigenvalue weighted by molar-refractivity contribution is 6.60. The first kappa shape index (κ1) is 17.1. The lowest BCUT2D eigenvalue weighted by molar-refractivity contribution is 0.0961. The molecule has 1 aliphatic rings. The molecular weight excluding hydrogens is 260 g/mol. The van der Waals surface area contributed by atoms with E-state index in [0.717, 1.165) is 38.5 Å². The van der Waals surface area contributed by atoms with E-state index in [1.165, 1.54) is 25.7 Å². The van der Waals surface area contributed by atoms with E-state index in [2.05, 4.69) is 6.92 Å². The van der Waals surface area contributed by atoms with E-state index in [9.17, 15) is 0 Å². The molecule has 0 saturated carbocycles. The fourth-order valence-corrected chi connectivity index (χ4v) is 4.24. The van der Waals surface area contributed by atoms with Crippen LogP contribution in [0.2, 0.25) is 6.04 Å². The van der Waals surface area contributed by atoms with Gasteiger partial charge in [0.25, 0.3) is 0 Å². The monoisotopic (exact) mass is 290 g/mol. The highest BCUT2D eigenvalue weighted by atomic mass is 28.4. The molecule has 5 heteroatoms. The second-order valence-corrected chi connectivity index (χ2v) is 8.17. The SMILES string of the molecule is CCCCO[Si](CCCCCCC1CO1)(OC)OC. The van der Waals surface area contributed by atoms with Crippen molar-refractivity contribution in [3.05, 3.63) is 0 Å². The average Bonchev–Trinajstić information content (AvgIpc) is 3.25. The third kappa shape index (κ3) is 7.42. The summed E-state index contributed by atoms with van der Waals surface area (Å²) in [5.41, 5.74) is 0. The van der Waals surface area contributed by atoms with Crippen LogP contribution in [0.4, 0.5) is 0 Å². The topological polar surface area (TPSA) is 40.2 Å². The van der Waals surface area contributed by atoms with Gasteiger partial charge in [-0.25, -0.2) is 0 Å². The molecule has 1 saturated heterocycles. The van der Waals surface area contributed by atoms with Gasteiger partial charge in [0.1, 0.15) is 0 Å². The number of hydrogen-bond acceptors (Lipinski definition) is 4. The molecule has 0 N–H and O–H groups in total. The van der Waals surface area contributed by atoms with Crippen molar-refractivity contribution in [2.75, 3.05) is 27.4 Å². The Morgan fingerprint density at radius 1 is 1.05 bits per heavy atom. The van der Waals surface area contributed by atoms with Crippen LogP contribution in [0.1, 0.15) is 51.9 Å². The Morgan fingerprint density at radius 3 is 2.32 bits per heavy atom. The molecule has 0 amide bonds. The molecule has 1 rings (SSSR count). The average molecular weight is 290 g/mol. The van der Waals surface area contributed by atoms with Crippen molar-refractivity contribution < 1.29 is 18.0 Å². The van der Waals surface area contributed by atoms with Crippen molar-refractivity contribution in [2.24, 2.45) is 0 Å². The van der Waals surface area contributed by atoms with E-state index in [1.807, 2.05) is 0 Å². The molecule has 0 bridgehead atoms. The lowest BCUT2D eigenvalue weighted by Gasteiger charge is -2.26. The Kier molecular flexibility index (Phi) is 8.90. The molecule has 0 aromatic rings. The molecule has 1 fully saturated rings. The fraction of sp³-hybridized carbons (Fsp3) is 1.00. The second kappa shape index (κ2) is 9.88. The number of hydrogen-bond donors (Lipinski definition) is 0. The maximum Gasteiger partial charge on any atom is 0.500 e. The highest BCUT2D eigenvalue weighted by Gasteiger charge is 2.37. The van der Waals surface area contributed by atoms with Gasteiger partial charge < -0.3 is 18.0 Å². The van der Waals surface area contributed by atoms with Crippen LogP contribution in [-0.4, -0.2) is 42.3 Å². The van der Waals surface area contributed by atoms with Gasteiger partial charge in [0, 0.05) is 26.9 Å². The summed E-state index contributed by atoms with van der Waals surface area (Å²) in [5.74, 6) is 0. The standard InChI is InChI=1S/C14H30O4Si/c1-4-5-11-18-19(15-2,16-3)12-9-7-6-8-10-14-13-17-14/h14H,4-13H2,1-3H3. The Labute approximate surface area is 119 Å². The van der Waals surface area contributed by atoms with Gasteiger partial charge in [-0.1, -0.05) is 32.6 Å². The predicted molar refractivity (Wildman–Crippen MR) is 78.3 cm³/mol. The molecule has 1 atom stereocenters. The van der Waals surface area contributed by atoms with Gasteiger partial charge in [-0.15, -0.1) is 0 Å². The minimum absolute atomic E-state index is 0.573. The molecule has 1 aliphatic heterocycles. The van der Waals surface area contributed by atoms with Crippen LogP contribution in [0.3, 0.4) is 0 Å². The third-order valence-corrected chi connectivity index (χ3v) is 6.46. The lowest BCUT2D eigenvalue weighted by atomic mass is 10.1. The summed E-state index contributed by atoms with van der Waals surface area (Å²) in [6, 6.07) is 0.934. The zero-order chi connectivity index (χ0) is 14.0. The van der Waals surface area contributed by atoms with Crippen molar-refractivity contribution in [1.82, 2.24) is 0 Å².